The summed E-state index contributed by atoms with van der Waals surface area (Å²) in [4.78, 5) is 35.0. The molecule has 1 fully saturated rings. The Bertz CT molecular complexity index is 699. The SMILES string of the molecule is O=C1CC[C@@H](CN/C=C2\C(=O)NC(=O)c3ccc(I)cc32)N1. The molecule has 3 N–H and O–H groups in total. The second-order valence-corrected chi connectivity index (χ2v) is 6.49. The van der Waals surface area contributed by atoms with Gasteiger partial charge in [0.1, 0.15) is 0 Å². The summed E-state index contributed by atoms with van der Waals surface area (Å²) >= 11 is 2.14. The molecule has 2 heterocycles. The molecule has 0 bridgehead atoms. The lowest BCUT2D eigenvalue weighted by Gasteiger charge is -2.19. The minimum absolute atomic E-state index is 0.0559. The number of imide groups is 1. The topological polar surface area (TPSA) is 87.3 Å². The van der Waals surface area contributed by atoms with Gasteiger partial charge in [0.15, 0.2) is 0 Å². The summed E-state index contributed by atoms with van der Waals surface area (Å²) in [6.45, 7) is 0.551. The van der Waals surface area contributed by atoms with Gasteiger partial charge in [0.05, 0.1) is 5.57 Å². The molecule has 7 heteroatoms. The average Bonchev–Trinajstić information content (AvgIpc) is 2.87. The molecule has 1 aromatic carbocycles. The highest BCUT2D eigenvalue weighted by Gasteiger charge is 2.27. The van der Waals surface area contributed by atoms with Crippen LogP contribution in [-0.4, -0.2) is 30.3 Å². The molecular weight excluding hydrogens is 397 g/mol. The second-order valence-electron chi connectivity index (χ2n) is 5.24. The molecule has 1 saturated heterocycles. The van der Waals surface area contributed by atoms with Gasteiger partial charge >= 0.3 is 0 Å². The minimum atomic E-state index is -0.414. The first kappa shape index (κ1) is 15.0. The highest BCUT2D eigenvalue weighted by molar-refractivity contribution is 14.1. The zero-order valence-electron chi connectivity index (χ0n) is 11.6. The molecule has 6 nitrogen and oxygen atoms in total. The highest BCUT2D eigenvalue weighted by Crippen LogP contribution is 2.25. The van der Waals surface area contributed by atoms with Crippen molar-refractivity contribution in [1.29, 1.82) is 0 Å². The number of carbonyl (C=O) groups is 3. The normalized spacial score (nSPS) is 22.3. The summed E-state index contributed by atoms with van der Waals surface area (Å²) in [7, 11) is 0. The monoisotopic (exact) mass is 411 g/mol. The molecule has 1 aromatic rings. The van der Waals surface area contributed by atoms with E-state index in [1.165, 1.54) is 0 Å². The van der Waals surface area contributed by atoms with Gasteiger partial charge in [0, 0.05) is 39.9 Å². The van der Waals surface area contributed by atoms with E-state index < -0.39 is 5.91 Å². The van der Waals surface area contributed by atoms with Gasteiger partial charge in [-0.3, -0.25) is 19.7 Å². The quantitative estimate of drug-likeness (QED) is 0.390. The smallest absolute Gasteiger partial charge is 0.260 e. The van der Waals surface area contributed by atoms with Gasteiger partial charge in [-0.1, -0.05) is 0 Å². The minimum Gasteiger partial charge on any atom is -0.388 e. The van der Waals surface area contributed by atoms with E-state index in [2.05, 4.69) is 38.5 Å². The Morgan fingerprint density at radius 1 is 1.23 bits per heavy atom. The van der Waals surface area contributed by atoms with Gasteiger partial charge in [-0.2, -0.15) is 0 Å². The molecule has 0 aliphatic carbocycles. The molecular formula is C15H14IN3O3. The maximum Gasteiger partial charge on any atom is 0.260 e. The molecule has 2 aliphatic heterocycles. The summed E-state index contributed by atoms with van der Waals surface area (Å²) in [5.41, 5.74) is 1.54. The summed E-state index contributed by atoms with van der Waals surface area (Å²) in [5.74, 6) is -0.737. The third kappa shape index (κ3) is 2.99. The highest BCUT2D eigenvalue weighted by atomic mass is 127. The Morgan fingerprint density at radius 2 is 2.05 bits per heavy atom. The van der Waals surface area contributed by atoms with Crippen LogP contribution in [0.2, 0.25) is 0 Å². The van der Waals surface area contributed by atoms with Crippen LogP contribution in [0.15, 0.2) is 24.4 Å². The van der Waals surface area contributed by atoms with E-state index in [1.807, 2.05) is 12.1 Å². The number of halogens is 1. The van der Waals surface area contributed by atoms with Crippen LogP contribution in [-0.2, 0) is 9.59 Å². The first-order valence-corrected chi connectivity index (χ1v) is 8.01. The number of fused-ring (bicyclic) bond motifs is 1. The van der Waals surface area contributed by atoms with Crippen molar-refractivity contribution >= 4 is 45.9 Å². The van der Waals surface area contributed by atoms with Crippen molar-refractivity contribution in [3.63, 3.8) is 0 Å². The Hall–Kier alpha value is -1.90. The third-order valence-electron chi connectivity index (χ3n) is 3.68. The van der Waals surface area contributed by atoms with E-state index in [4.69, 9.17) is 0 Å². The molecule has 114 valence electrons. The lowest BCUT2D eigenvalue weighted by molar-refractivity contribution is -0.119. The van der Waals surface area contributed by atoms with Crippen LogP contribution in [0.25, 0.3) is 5.57 Å². The predicted octanol–water partition coefficient (Wildman–Crippen LogP) is 0.770. The van der Waals surface area contributed by atoms with E-state index in [0.29, 0.717) is 29.7 Å². The fraction of sp³-hybridized carbons (Fsp3) is 0.267. The molecule has 0 spiro atoms. The first-order chi connectivity index (χ1) is 10.5. The van der Waals surface area contributed by atoms with Crippen molar-refractivity contribution in [3.8, 4) is 0 Å². The van der Waals surface area contributed by atoms with E-state index in [9.17, 15) is 14.4 Å². The van der Waals surface area contributed by atoms with Crippen LogP contribution in [0.1, 0.15) is 28.8 Å². The Morgan fingerprint density at radius 3 is 2.77 bits per heavy atom. The maximum atomic E-state index is 12.0. The van der Waals surface area contributed by atoms with Crippen LogP contribution in [0.3, 0.4) is 0 Å². The van der Waals surface area contributed by atoms with E-state index >= 15 is 0 Å². The Labute approximate surface area is 140 Å². The number of nitrogens with one attached hydrogen (secondary N) is 3. The van der Waals surface area contributed by atoms with Crippen LogP contribution in [0, 0.1) is 3.57 Å². The van der Waals surface area contributed by atoms with Gasteiger partial charge in [0.2, 0.25) is 5.91 Å². The molecule has 2 aliphatic rings. The van der Waals surface area contributed by atoms with E-state index in [0.717, 1.165) is 9.99 Å². The Balaban J connectivity index is 1.80. The number of hydrogen-bond acceptors (Lipinski definition) is 4. The number of amides is 3. The van der Waals surface area contributed by atoms with Crippen molar-refractivity contribution in [2.24, 2.45) is 0 Å². The van der Waals surface area contributed by atoms with Gasteiger partial charge in [0.25, 0.3) is 11.8 Å². The van der Waals surface area contributed by atoms with E-state index in [1.54, 1.807) is 12.3 Å². The standard InChI is InChI=1S/C15H14IN3O3/c16-8-1-3-10-11(5-8)12(15(22)19-14(10)21)7-17-6-9-2-4-13(20)18-9/h1,3,5,7,9,17H,2,4,6H2,(H,18,20)(H,19,21,22)/b12-7-/t9-/m0/s1. The predicted molar refractivity (Wildman–Crippen MR) is 88.8 cm³/mol. The Kier molecular flexibility index (Phi) is 4.14. The van der Waals surface area contributed by atoms with Crippen LogP contribution >= 0.6 is 22.6 Å². The first-order valence-electron chi connectivity index (χ1n) is 6.93. The molecule has 1 atom stereocenters. The number of hydrogen-bond donors (Lipinski definition) is 3. The van der Waals surface area contributed by atoms with Crippen molar-refractivity contribution in [1.82, 2.24) is 16.0 Å². The zero-order valence-corrected chi connectivity index (χ0v) is 13.8. The van der Waals surface area contributed by atoms with Gasteiger partial charge in [-0.15, -0.1) is 0 Å². The molecule has 22 heavy (non-hydrogen) atoms. The van der Waals surface area contributed by atoms with Crippen molar-refractivity contribution in [3.05, 3.63) is 39.1 Å². The van der Waals surface area contributed by atoms with Crippen LogP contribution in [0.5, 0.6) is 0 Å². The summed E-state index contributed by atoms with van der Waals surface area (Å²) in [5, 5.41) is 8.26. The average molecular weight is 411 g/mol. The maximum absolute atomic E-state index is 12.0. The summed E-state index contributed by atoms with van der Waals surface area (Å²) in [6.07, 6.45) is 2.94. The number of benzene rings is 1. The van der Waals surface area contributed by atoms with Crippen LogP contribution in [0.4, 0.5) is 0 Å². The van der Waals surface area contributed by atoms with Crippen LogP contribution < -0.4 is 16.0 Å². The molecule has 0 aromatic heterocycles. The third-order valence-corrected chi connectivity index (χ3v) is 4.35. The van der Waals surface area contributed by atoms with Gasteiger partial charge in [-0.25, -0.2) is 0 Å². The molecule has 3 rings (SSSR count). The second kappa shape index (κ2) is 6.07. The van der Waals surface area contributed by atoms with Crippen molar-refractivity contribution in [2.45, 2.75) is 18.9 Å². The largest absolute Gasteiger partial charge is 0.388 e. The number of carbonyl (C=O) groups excluding carboxylic acids is 3. The molecule has 0 saturated carbocycles. The lowest BCUT2D eigenvalue weighted by atomic mass is 9.95. The molecule has 0 radical (unpaired) electrons. The molecule has 0 unspecified atom stereocenters. The number of rotatable bonds is 3. The summed E-state index contributed by atoms with van der Waals surface area (Å²) in [6, 6.07) is 5.43. The van der Waals surface area contributed by atoms with E-state index in [-0.39, 0.29) is 17.9 Å². The fourth-order valence-electron chi connectivity index (χ4n) is 2.57. The fourth-order valence-corrected chi connectivity index (χ4v) is 3.07. The van der Waals surface area contributed by atoms with Gasteiger partial charge in [-0.05, 0) is 47.2 Å². The summed E-state index contributed by atoms with van der Waals surface area (Å²) < 4.78 is 0.952. The van der Waals surface area contributed by atoms with Gasteiger partial charge < -0.3 is 10.6 Å². The van der Waals surface area contributed by atoms with Crippen molar-refractivity contribution < 1.29 is 14.4 Å². The van der Waals surface area contributed by atoms with Crippen molar-refractivity contribution in [2.75, 3.05) is 6.54 Å². The molecule has 3 amide bonds. The lowest BCUT2D eigenvalue weighted by Crippen LogP contribution is -2.38. The zero-order chi connectivity index (χ0) is 15.7.